The minimum absolute atomic E-state index is 0.322. The summed E-state index contributed by atoms with van der Waals surface area (Å²) in [6.45, 7) is 2.53. The van der Waals surface area contributed by atoms with E-state index in [1.54, 1.807) is 0 Å². The summed E-state index contributed by atoms with van der Waals surface area (Å²) in [6.07, 6.45) is 4.51. The van der Waals surface area contributed by atoms with Gasteiger partial charge in [0, 0.05) is 11.9 Å². The molecule has 1 aromatic carbocycles. The highest BCUT2D eigenvalue weighted by Crippen LogP contribution is 2.20. The number of aryl methyl sites for hydroxylation is 1. The number of aliphatic hydroxyl groups excluding tert-OH is 1. The maximum Gasteiger partial charge on any atom is 0.0441 e. The van der Waals surface area contributed by atoms with E-state index in [1.165, 1.54) is 18.4 Å². The summed E-state index contributed by atoms with van der Waals surface area (Å²) < 4.78 is 0. The predicted molar refractivity (Wildman–Crippen MR) is 73.0 cm³/mol. The maximum atomic E-state index is 8.97. The number of aliphatic hydroxyl groups is 1. The van der Waals surface area contributed by atoms with Crippen LogP contribution in [0.3, 0.4) is 0 Å². The van der Waals surface area contributed by atoms with E-state index in [4.69, 9.17) is 5.11 Å². The third kappa shape index (κ3) is 5.57. The molecule has 1 unspecified atom stereocenters. The van der Waals surface area contributed by atoms with Crippen molar-refractivity contribution in [1.29, 1.82) is 0 Å². The van der Waals surface area contributed by atoms with Crippen LogP contribution in [-0.4, -0.2) is 22.7 Å². The number of rotatable bonds is 8. The first-order valence-corrected chi connectivity index (χ1v) is 7.18. The molecule has 90 valence electrons. The van der Waals surface area contributed by atoms with Crippen molar-refractivity contribution in [2.24, 2.45) is 0 Å². The Kier molecular flexibility index (Phi) is 7.35. The minimum atomic E-state index is 0.322. The summed E-state index contributed by atoms with van der Waals surface area (Å²) in [4.78, 5) is 0. The fourth-order valence-electron chi connectivity index (χ4n) is 1.77. The molecule has 1 rings (SSSR count). The Morgan fingerprint density at radius 3 is 2.56 bits per heavy atom. The smallest absolute Gasteiger partial charge is 0.0441 e. The molecule has 1 atom stereocenters. The standard InChI is InChI=1S/C14H22OS/c1-2-6-14(9-11-15)16-12-10-13-7-4-3-5-8-13/h3-5,7-8,14-15H,2,6,9-12H2,1H3. The average molecular weight is 238 g/mol. The summed E-state index contributed by atoms with van der Waals surface area (Å²) in [5.41, 5.74) is 1.41. The van der Waals surface area contributed by atoms with E-state index in [0.29, 0.717) is 11.9 Å². The van der Waals surface area contributed by atoms with E-state index in [1.807, 2.05) is 11.8 Å². The SMILES string of the molecule is CCCC(CCO)SCCc1ccccc1. The van der Waals surface area contributed by atoms with Crippen molar-refractivity contribution < 1.29 is 5.11 Å². The molecule has 0 radical (unpaired) electrons. The first-order chi connectivity index (χ1) is 7.86. The average Bonchev–Trinajstić information content (AvgIpc) is 2.31. The summed E-state index contributed by atoms with van der Waals surface area (Å²) in [6, 6.07) is 10.6. The molecule has 1 aromatic rings. The van der Waals surface area contributed by atoms with Gasteiger partial charge in [0.25, 0.3) is 0 Å². The Balaban J connectivity index is 2.22. The summed E-state index contributed by atoms with van der Waals surface area (Å²) in [7, 11) is 0. The topological polar surface area (TPSA) is 20.2 Å². The molecule has 0 amide bonds. The molecular weight excluding hydrogens is 216 g/mol. The lowest BCUT2D eigenvalue weighted by atomic mass is 10.2. The molecule has 0 bridgehead atoms. The summed E-state index contributed by atoms with van der Waals surface area (Å²) >= 11 is 2.01. The molecule has 1 nitrogen and oxygen atoms in total. The lowest BCUT2D eigenvalue weighted by Gasteiger charge is -2.14. The Bertz CT molecular complexity index is 255. The lowest BCUT2D eigenvalue weighted by Crippen LogP contribution is -2.06. The highest BCUT2D eigenvalue weighted by Gasteiger charge is 2.07. The molecule has 0 aliphatic heterocycles. The first kappa shape index (κ1) is 13.6. The van der Waals surface area contributed by atoms with Gasteiger partial charge in [-0.05, 0) is 30.6 Å². The quantitative estimate of drug-likeness (QED) is 0.748. The Labute approximate surface area is 103 Å². The molecule has 0 aliphatic carbocycles. The monoisotopic (exact) mass is 238 g/mol. The van der Waals surface area contributed by atoms with E-state index in [9.17, 15) is 0 Å². The maximum absolute atomic E-state index is 8.97. The zero-order valence-corrected chi connectivity index (χ0v) is 10.9. The van der Waals surface area contributed by atoms with Crippen molar-refractivity contribution in [3.05, 3.63) is 35.9 Å². The third-order valence-electron chi connectivity index (χ3n) is 2.65. The van der Waals surface area contributed by atoms with Crippen LogP contribution in [-0.2, 0) is 6.42 Å². The predicted octanol–water partition coefficient (Wildman–Crippen LogP) is 3.51. The van der Waals surface area contributed by atoms with Gasteiger partial charge in [0.15, 0.2) is 0 Å². The van der Waals surface area contributed by atoms with Crippen LogP contribution in [0.1, 0.15) is 31.7 Å². The second-order valence-corrected chi connectivity index (χ2v) is 5.44. The van der Waals surface area contributed by atoms with Crippen LogP contribution in [0.15, 0.2) is 30.3 Å². The van der Waals surface area contributed by atoms with Gasteiger partial charge in [0.1, 0.15) is 0 Å². The van der Waals surface area contributed by atoms with Gasteiger partial charge < -0.3 is 5.11 Å². The fraction of sp³-hybridized carbons (Fsp3) is 0.571. The Morgan fingerprint density at radius 2 is 1.94 bits per heavy atom. The van der Waals surface area contributed by atoms with Crippen LogP contribution >= 0.6 is 11.8 Å². The third-order valence-corrected chi connectivity index (χ3v) is 4.03. The lowest BCUT2D eigenvalue weighted by molar-refractivity contribution is 0.285. The molecule has 1 N–H and O–H groups in total. The van der Waals surface area contributed by atoms with Crippen LogP contribution in [0.25, 0.3) is 0 Å². The Morgan fingerprint density at radius 1 is 1.19 bits per heavy atom. The highest BCUT2D eigenvalue weighted by molar-refractivity contribution is 7.99. The minimum Gasteiger partial charge on any atom is -0.396 e. The number of benzene rings is 1. The van der Waals surface area contributed by atoms with Crippen molar-refractivity contribution in [3.8, 4) is 0 Å². The molecule has 16 heavy (non-hydrogen) atoms. The van der Waals surface area contributed by atoms with Crippen LogP contribution in [0.4, 0.5) is 0 Å². The zero-order chi connectivity index (χ0) is 11.6. The molecule has 0 fully saturated rings. The molecule has 0 aromatic heterocycles. The Hall–Kier alpha value is -0.470. The van der Waals surface area contributed by atoms with E-state index < -0.39 is 0 Å². The van der Waals surface area contributed by atoms with Crippen molar-refractivity contribution >= 4 is 11.8 Å². The molecular formula is C14H22OS. The number of hydrogen-bond acceptors (Lipinski definition) is 2. The van der Waals surface area contributed by atoms with Crippen molar-refractivity contribution in [3.63, 3.8) is 0 Å². The van der Waals surface area contributed by atoms with E-state index in [2.05, 4.69) is 37.3 Å². The van der Waals surface area contributed by atoms with E-state index in [0.717, 1.165) is 18.6 Å². The molecule has 0 spiro atoms. The summed E-state index contributed by atoms with van der Waals surface area (Å²) in [5, 5.41) is 9.60. The molecule has 0 saturated heterocycles. The molecule has 0 aliphatic rings. The molecule has 0 saturated carbocycles. The first-order valence-electron chi connectivity index (χ1n) is 6.13. The second kappa shape index (κ2) is 8.66. The zero-order valence-electron chi connectivity index (χ0n) is 10.1. The van der Waals surface area contributed by atoms with Crippen LogP contribution in [0, 0.1) is 0 Å². The van der Waals surface area contributed by atoms with Gasteiger partial charge in [-0.25, -0.2) is 0 Å². The van der Waals surface area contributed by atoms with Crippen molar-refractivity contribution in [1.82, 2.24) is 0 Å². The van der Waals surface area contributed by atoms with Crippen molar-refractivity contribution in [2.75, 3.05) is 12.4 Å². The van der Waals surface area contributed by atoms with E-state index >= 15 is 0 Å². The van der Waals surface area contributed by atoms with Gasteiger partial charge >= 0.3 is 0 Å². The fourth-order valence-corrected chi connectivity index (χ4v) is 3.13. The van der Waals surface area contributed by atoms with Gasteiger partial charge in [-0.1, -0.05) is 43.7 Å². The van der Waals surface area contributed by atoms with Gasteiger partial charge in [0.2, 0.25) is 0 Å². The largest absolute Gasteiger partial charge is 0.396 e. The van der Waals surface area contributed by atoms with Crippen LogP contribution in [0.2, 0.25) is 0 Å². The van der Waals surface area contributed by atoms with Gasteiger partial charge in [-0.3, -0.25) is 0 Å². The van der Waals surface area contributed by atoms with Crippen LogP contribution < -0.4 is 0 Å². The molecule has 0 heterocycles. The normalized spacial score (nSPS) is 12.6. The number of hydrogen-bond donors (Lipinski definition) is 1. The number of thioether (sulfide) groups is 1. The van der Waals surface area contributed by atoms with Gasteiger partial charge in [-0.2, -0.15) is 11.8 Å². The highest BCUT2D eigenvalue weighted by atomic mass is 32.2. The molecule has 2 heteroatoms. The van der Waals surface area contributed by atoms with Gasteiger partial charge in [-0.15, -0.1) is 0 Å². The van der Waals surface area contributed by atoms with Gasteiger partial charge in [0.05, 0.1) is 0 Å². The van der Waals surface area contributed by atoms with Crippen LogP contribution in [0.5, 0.6) is 0 Å². The van der Waals surface area contributed by atoms with E-state index in [-0.39, 0.29) is 0 Å². The summed E-state index contributed by atoms with van der Waals surface area (Å²) in [5.74, 6) is 1.16. The second-order valence-electron chi connectivity index (χ2n) is 4.03. The van der Waals surface area contributed by atoms with Crippen molar-refractivity contribution in [2.45, 2.75) is 37.9 Å².